The summed E-state index contributed by atoms with van der Waals surface area (Å²) < 4.78 is 9.92. The standard InChI is InChI=1S/C23H27N3O5/c1-4-31-22(28)18-7-5-6-14(2)21(27)26-20-13-16(25-23(29)30-3)8-9-17(20)15-10-11-24-19(18)12-15/h8-14,18H,4-7H2,1-3H3,(H,25,29)(H,26,27). The molecule has 2 amide bonds. The molecule has 2 bridgehead atoms. The maximum Gasteiger partial charge on any atom is 0.411 e. The molecule has 0 saturated carbocycles. The zero-order chi connectivity index (χ0) is 22.4. The number of carbonyl (C=O) groups is 3. The van der Waals surface area contributed by atoms with E-state index in [2.05, 4.69) is 20.4 Å². The predicted molar refractivity (Wildman–Crippen MR) is 117 cm³/mol. The largest absolute Gasteiger partial charge is 0.465 e. The number of methoxy groups -OCH3 is 1. The summed E-state index contributed by atoms with van der Waals surface area (Å²) in [5.74, 6) is -1.17. The Morgan fingerprint density at radius 2 is 2.03 bits per heavy atom. The molecular formula is C23H27N3O5. The van der Waals surface area contributed by atoms with E-state index in [1.165, 1.54) is 7.11 Å². The monoisotopic (exact) mass is 425 g/mol. The first-order valence-corrected chi connectivity index (χ1v) is 10.4. The highest BCUT2D eigenvalue weighted by Gasteiger charge is 2.26. The Balaban J connectivity index is 2.08. The molecule has 8 nitrogen and oxygen atoms in total. The van der Waals surface area contributed by atoms with Crippen molar-refractivity contribution in [1.82, 2.24) is 4.98 Å². The van der Waals surface area contributed by atoms with Gasteiger partial charge in [0.05, 0.1) is 31.0 Å². The number of aromatic nitrogens is 1. The van der Waals surface area contributed by atoms with Gasteiger partial charge in [-0.25, -0.2) is 4.79 Å². The van der Waals surface area contributed by atoms with Crippen molar-refractivity contribution in [1.29, 1.82) is 0 Å². The molecule has 2 aromatic rings. The molecule has 0 spiro atoms. The fraction of sp³-hybridized carbons (Fsp3) is 0.391. The van der Waals surface area contributed by atoms with E-state index in [1.54, 1.807) is 31.3 Å². The van der Waals surface area contributed by atoms with Crippen LogP contribution in [0.5, 0.6) is 0 Å². The molecule has 0 fully saturated rings. The molecule has 1 aromatic heterocycles. The van der Waals surface area contributed by atoms with Gasteiger partial charge < -0.3 is 14.8 Å². The highest BCUT2D eigenvalue weighted by atomic mass is 16.5. The molecule has 2 N–H and O–H groups in total. The lowest BCUT2D eigenvalue weighted by Crippen LogP contribution is -2.22. The van der Waals surface area contributed by atoms with Gasteiger partial charge in [0.25, 0.3) is 0 Å². The fourth-order valence-corrected chi connectivity index (χ4v) is 3.60. The lowest BCUT2D eigenvalue weighted by atomic mass is 9.91. The molecule has 0 radical (unpaired) electrons. The fourth-order valence-electron chi connectivity index (χ4n) is 3.60. The normalized spacial score (nSPS) is 18.5. The van der Waals surface area contributed by atoms with E-state index in [0.717, 1.165) is 11.1 Å². The van der Waals surface area contributed by atoms with Crippen molar-refractivity contribution >= 4 is 29.3 Å². The van der Waals surface area contributed by atoms with Crippen LogP contribution in [0.2, 0.25) is 0 Å². The summed E-state index contributed by atoms with van der Waals surface area (Å²) in [6.45, 7) is 3.93. The summed E-state index contributed by atoms with van der Waals surface area (Å²) in [6.07, 6.45) is 2.91. The summed E-state index contributed by atoms with van der Waals surface area (Å²) in [6, 6.07) is 8.88. The van der Waals surface area contributed by atoms with Crippen LogP contribution >= 0.6 is 0 Å². The van der Waals surface area contributed by atoms with E-state index in [1.807, 2.05) is 19.1 Å². The molecular weight excluding hydrogens is 398 g/mol. The van der Waals surface area contributed by atoms with Gasteiger partial charge in [-0.3, -0.25) is 19.9 Å². The number of amides is 2. The maximum atomic E-state index is 12.8. The van der Waals surface area contributed by atoms with Crippen LogP contribution < -0.4 is 10.6 Å². The SMILES string of the molecule is CCOC(=O)C1CCCC(C)C(=O)Nc2cc(NC(=O)OC)ccc2-c2ccnc1c2. The number of rotatable bonds is 3. The number of benzene rings is 1. The van der Waals surface area contributed by atoms with Crippen molar-refractivity contribution in [2.45, 2.75) is 39.0 Å². The molecule has 0 aliphatic carbocycles. The number of ether oxygens (including phenoxy) is 2. The summed E-state index contributed by atoms with van der Waals surface area (Å²) in [5, 5.41) is 5.59. The Labute approximate surface area is 181 Å². The number of nitrogens with one attached hydrogen (secondary N) is 2. The van der Waals surface area contributed by atoms with Gasteiger partial charge >= 0.3 is 12.1 Å². The van der Waals surface area contributed by atoms with Gasteiger partial charge in [0.1, 0.15) is 0 Å². The van der Waals surface area contributed by atoms with Crippen molar-refractivity contribution in [2.75, 3.05) is 24.4 Å². The van der Waals surface area contributed by atoms with Gasteiger partial charge in [0, 0.05) is 23.4 Å². The van der Waals surface area contributed by atoms with Gasteiger partial charge in [0.2, 0.25) is 5.91 Å². The number of anilines is 2. The van der Waals surface area contributed by atoms with Crippen molar-refractivity contribution in [2.24, 2.45) is 5.92 Å². The Bertz CT molecular complexity index is 975. The van der Waals surface area contributed by atoms with Crippen LogP contribution in [0.3, 0.4) is 0 Å². The first-order chi connectivity index (χ1) is 14.9. The van der Waals surface area contributed by atoms with Crippen molar-refractivity contribution in [3.63, 3.8) is 0 Å². The number of pyridine rings is 1. The summed E-state index contributed by atoms with van der Waals surface area (Å²) >= 11 is 0. The average molecular weight is 425 g/mol. The molecule has 1 aromatic carbocycles. The van der Waals surface area contributed by atoms with Crippen LogP contribution in [-0.2, 0) is 19.1 Å². The van der Waals surface area contributed by atoms with Gasteiger partial charge in [-0.15, -0.1) is 0 Å². The van der Waals surface area contributed by atoms with E-state index in [-0.39, 0.29) is 17.8 Å². The van der Waals surface area contributed by atoms with Crippen LogP contribution in [-0.4, -0.2) is 36.7 Å². The topological polar surface area (TPSA) is 107 Å². The zero-order valence-electron chi connectivity index (χ0n) is 17.9. The predicted octanol–water partition coefficient (Wildman–Crippen LogP) is 4.33. The second-order valence-corrected chi connectivity index (χ2v) is 7.47. The molecule has 164 valence electrons. The molecule has 0 saturated heterocycles. The van der Waals surface area contributed by atoms with Crippen LogP contribution in [0.4, 0.5) is 16.2 Å². The molecule has 1 aliphatic rings. The molecule has 3 rings (SSSR count). The number of hydrogen-bond acceptors (Lipinski definition) is 6. The highest BCUT2D eigenvalue weighted by molar-refractivity contribution is 5.98. The lowest BCUT2D eigenvalue weighted by molar-refractivity contribution is -0.145. The van der Waals surface area contributed by atoms with Crippen molar-refractivity contribution in [3.8, 4) is 11.1 Å². The summed E-state index contributed by atoms with van der Waals surface area (Å²) in [4.78, 5) is 41.4. The van der Waals surface area contributed by atoms with Crippen LogP contribution in [0.25, 0.3) is 11.1 Å². The minimum atomic E-state index is -0.601. The van der Waals surface area contributed by atoms with E-state index in [0.29, 0.717) is 42.9 Å². The molecule has 8 heteroatoms. The van der Waals surface area contributed by atoms with E-state index < -0.39 is 12.0 Å². The van der Waals surface area contributed by atoms with Crippen LogP contribution in [0.15, 0.2) is 36.5 Å². The van der Waals surface area contributed by atoms with E-state index >= 15 is 0 Å². The second kappa shape index (κ2) is 10.1. The van der Waals surface area contributed by atoms with Gasteiger partial charge in [-0.2, -0.15) is 0 Å². The van der Waals surface area contributed by atoms with Crippen LogP contribution in [0, 0.1) is 5.92 Å². The number of esters is 1. The first-order valence-electron chi connectivity index (χ1n) is 10.4. The number of nitrogens with zero attached hydrogens (tertiary/aromatic N) is 1. The van der Waals surface area contributed by atoms with Crippen molar-refractivity contribution in [3.05, 3.63) is 42.2 Å². The lowest BCUT2D eigenvalue weighted by Gasteiger charge is -2.21. The van der Waals surface area contributed by atoms with Crippen LogP contribution in [0.1, 0.15) is 44.7 Å². The Morgan fingerprint density at radius 1 is 1.23 bits per heavy atom. The quantitative estimate of drug-likeness (QED) is 0.709. The van der Waals surface area contributed by atoms with E-state index in [4.69, 9.17) is 4.74 Å². The van der Waals surface area contributed by atoms with Gasteiger partial charge in [-0.1, -0.05) is 19.4 Å². The third-order valence-corrected chi connectivity index (χ3v) is 5.31. The Morgan fingerprint density at radius 3 is 2.77 bits per heavy atom. The minimum Gasteiger partial charge on any atom is -0.465 e. The van der Waals surface area contributed by atoms with E-state index in [9.17, 15) is 14.4 Å². The second-order valence-electron chi connectivity index (χ2n) is 7.47. The molecule has 1 aliphatic heterocycles. The van der Waals surface area contributed by atoms with Gasteiger partial charge in [-0.05, 0) is 49.6 Å². The van der Waals surface area contributed by atoms with Gasteiger partial charge in [0.15, 0.2) is 0 Å². The molecule has 31 heavy (non-hydrogen) atoms. The third kappa shape index (κ3) is 5.39. The summed E-state index contributed by atoms with van der Waals surface area (Å²) in [5.41, 5.74) is 3.23. The molecule has 2 unspecified atom stereocenters. The molecule has 2 heterocycles. The maximum absolute atomic E-state index is 12.8. The highest BCUT2D eigenvalue weighted by Crippen LogP contribution is 2.34. The van der Waals surface area contributed by atoms with Crippen molar-refractivity contribution < 1.29 is 23.9 Å². The summed E-state index contributed by atoms with van der Waals surface area (Å²) in [7, 11) is 1.28. The minimum absolute atomic E-state index is 0.126. The number of carbonyl (C=O) groups excluding carboxylic acids is 3. The molecule has 2 atom stereocenters. The zero-order valence-corrected chi connectivity index (χ0v) is 17.9. The average Bonchev–Trinajstić information content (AvgIpc) is 2.76. The Hall–Kier alpha value is -3.42. The first kappa shape index (κ1) is 22.3. The third-order valence-electron chi connectivity index (χ3n) is 5.31. The number of hydrogen-bond donors (Lipinski definition) is 2. The Kier molecular flexibility index (Phi) is 7.23. The smallest absolute Gasteiger partial charge is 0.411 e. The number of fused-ring (bicyclic) bond motifs is 4.